The molecular weight excluding hydrogens is 204 g/mol. The van der Waals surface area contributed by atoms with E-state index >= 15 is 0 Å². The largest absolute Gasteiger partial charge is 0.313 e. The lowest BCUT2D eigenvalue weighted by Gasteiger charge is -1.99. The Morgan fingerprint density at radius 1 is 1.62 bits per heavy atom. The Labute approximate surface area is 86.4 Å². The Balaban J connectivity index is 2.27. The summed E-state index contributed by atoms with van der Waals surface area (Å²) < 4.78 is 3.83. The first kappa shape index (κ1) is 10.7. The summed E-state index contributed by atoms with van der Waals surface area (Å²) in [5, 5.41) is 4.87. The Hall–Kier alpha value is -0.330. The van der Waals surface area contributed by atoms with Crippen LogP contribution < -0.4 is 11.3 Å². The molecule has 1 rings (SSSR count). The highest BCUT2D eigenvalue weighted by Gasteiger charge is 2.05. The van der Waals surface area contributed by atoms with Crippen LogP contribution in [0.3, 0.4) is 0 Å². The minimum atomic E-state index is 0.879. The minimum Gasteiger partial charge on any atom is -0.313 e. The molecule has 0 aliphatic carbocycles. The summed E-state index contributed by atoms with van der Waals surface area (Å²) in [7, 11) is 0. The summed E-state index contributed by atoms with van der Waals surface area (Å²) in [6.07, 6.45) is 2.50. The van der Waals surface area contributed by atoms with Crippen molar-refractivity contribution in [1.82, 2.24) is 9.59 Å². The van der Waals surface area contributed by atoms with Gasteiger partial charge >= 0.3 is 0 Å². The van der Waals surface area contributed by atoms with Crippen molar-refractivity contribution in [3.05, 3.63) is 5.69 Å². The number of nitrogens with zero attached hydrogens (tertiary/aromatic N) is 2. The maximum absolute atomic E-state index is 5.30. The number of hydrogen-bond donors (Lipinski definition) is 2. The van der Waals surface area contributed by atoms with Gasteiger partial charge in [0, 0.05) is 17.3 Å². The number of hydrazine groups is 1. The molecule has 6 heteroatoms. The summed E-state index contributed by atoms with van der Waals surface area (Å²) in [6, 6.07) is 0. The van der Waals surface area contributed by atoms with E-state index in [4.69, 9.17) is 5.84 Å². The number of thioether (sulfide) groups is 1. The van der Waals surface area contributed by atoms with Crippen molar-refractivity contribution >= 4 is 28.3 Å². The number of nitrogens with two attached hydrogens (primary N) is 1. The molecule has 1 heterocycles. The minimum absolute atomic E-state index is 0.879. The molecule has 0 saturated carbocycles. The van der Waals surface area contributed by atoms with Crippen LogP contribution in [0.1, 0.15) is 25.5 Å². The van der Waals surface area contributed by atoms with Gasteiger partial charge in [0.05, 0.1) is 0 Å². The van der Waals surface area contributed by atoms with Crippen LogP contribution in [0, 0.1) is 0 Å². The molecule has 0 fully saturated rings. The molecule has 0 atom stereocenters. The molecule has 0 radical (unpaired) electrons. The molecule has 0 amide bonds. The molecule has 0 aliphatic rings. The van der Waals surface area contributed by atoms with Crippen molar-refractivity contribution < 1.29 is 0 Å². The Morgan fingerprint density at radius 2 is 2.46 bits per heavy atom. The van der Waals surface area contributed by atoms with Crippen molar-refractivity contribution in [3.8, 4) is 0 Å². The smallest absolute Gasteiger partial charge is 0.148 e. The van der Waals surface area contributed by atoms with Crippen molar-refractivity contribution in [2.75, 3.05) is 11.2 Å². The van der Waals surface area contributed by atoms with Gasteiger partial charge in [-0.1, -0.05) is 17.8 Å². The average Bonchev–Trinajstić information content (AvgIpc) is 2.60. The second kappa shape index (κ2) is 6.17. The van der Waals surface area contributed by atoms with Crippen LogP contribution in [-0.4, -0.2) is 15.3 Å². The zero-order valence-electron chi connectivity index (χ0n) is 7.62. The van der Waals surface area contributed by atoms with Gasteiger partial charge in [-0.3, -0.25) is 0 Å². The van der Waals surface area contributed by atoms with E-state index in [-0.39, 0.29) is 0 Å². The molecule has 0 saturated heterocycles. The number of nitrogen functional groups attached to an aromatic ring is 1. The fourth-order valence-electron chi connectivity index (χ4n) is 0.828. The van der Waals surface area contributed by atoms with Crippen LogP contribution in [0.4, 0.5) is 5.00 Å². The maximum Gasteiger partial charge on any atom is 0.148 e. The van der Waals surface area contributed by atoms with E-state index in [0.29, 0.717) is 0 Å². The molecule has 4 nitrogen and oxygen atoms in total. The normalized spacial score (nSPS) is 10.3. The highest BCUT2D eigenvalue weighted by atomic mass is 32.2. The van der Waals surface area contributed by atoms with Crippen molar-refractivity contribution in [2.24, 2.45) is 5.84 Å². The van der Waals surface area contributed by atoms with Gasteiger partial charge in [0.1, 0.15) is 10.7 Å². The SMILES string of the molecule is CCCCSCc1nnsc1NN. The standard InChI is InChI=1S/C7H14N4S2/c1-2-3-4-12-5-6-7(9-8)13-11-10-6/h9H,2-5,8H2,1H3. The summed E-state index contributed by atoms with van der Waals surface area (Å²) in [5.41, 5.74) is 3.56. The lowest BCUT2D eigenvalue weighted by molar-refractivity contribution is 0.895. The molecule has 74 valence electrons. The predicted octanol–water partition coefficient (Wildman–Crippen LogP) is 1.86. The molecule has 0 unspecified atom stereocenters. The van der Waals surface area contributed by atoms with E-state index in [1.165, 1.54) is 30.1 Å². The second-order valence-electron chi connectivity index (χ2n) is 2.60. The fraction of sp³-hybridized carbons (Fsp3) is 0.714. The van der Waals surface area contributed by atoms with Crippen LogP contribution in [0.5, 0.6) is 0 Å². The van der Waals surface area contributed by atoms with E-state index in [1.807, 2.05) is 11.8 Å². The average molecular weight is 218 g/mol. The number of nitrogens with one attached hydrogen (secondary N) is 1. The van der Waals surface area contributed by atoms with Gasteiger partial charge in [0.2, 0.25) is 0 Å². The number of hydrogen-bond acceptors (Lipinski definition) is 6. The topological polar surface area (TPSA) is 63.8 Å². The summed E-state index contributed by atoms with van der Waals surface area (Å²) >= 11 is 3.18. The summed E-state index contributed by atoms with van der Waals surface area (Å²) in [5.74, 6) is 7.37. The van der Waals surface area contributed by atoms with E-state index in [0.717, 1.165) is 16.4 Å². The molecule has 0 spiro atoms. The van der Waals surface area contributed by atoms with Crippen LogP contribution in [-0.2, 0) is 5.75 Å². The number of rotatable bonds is 6. The molecule has 0 aliphatic heterocycles. The van der Waals surface area contributed by atoms with E-state index < -0.39 is 0 Å². The number of aromatic nitrogens is 2. The summed E-state index contributed by atoms with van der Waals surface area (Å²) in [6.45, 7) is 2.19. The van der Waals surface area contributed by atoms with Crippen LogP contribution in [0.25, 0.3) is 0 Å². The van der Waals surface area contributed by atoms with Gasteiger partial charge in [-0.25, -0.2) is 5.84 Å². The van der Waals surface area contributed by atoms with Gasteiger partial charge in [-0.05, 0) is 12.2 Å². The first-order valence-corrected chi connectivity index (χ1v) is 6.17. The lowest BCUT2D eigenvalue weighted by atomic mass is 10.4. The van der Waals surface area contributed by atoms with Crippen molar-refractivity contribution in [1.29, 1.82) is 0 Å². The summed E-state index contributed by atoms with van der Waals surface area (Å²) in [4.78, 5) is 0. The van der Waals surface area contributed by atoms with Crippen LogP contribution >= 0.6 is 23.3 Å². The predicted molar refractivity (Wildman–Crippen MR) is 58.8 cm³/mol. The van der Waals surface area contributed by atoms with Crippen molar-refractivity contribution in [2.45, 2.75) is 25.5 Å². The molecule has 0 aromatic carbocycles. The van der Waals surface area contributed by atoms with Gasteiger partial charge in [0.25, 0.3) is 0 Å². The highest BCUT2D eigenvalue weighted by molar-refractivity contribution is 7.98. The van der Waals surface area contributed by atoms with Gasteiger partial charge in [0.15, 0.2) is 0 Å². The first-order chi connectivity index (χ1) is 6.38. The molecule has 3 N–H and O–H groups in total. The zero-order valence-corrected chi connectivity index (χ0v) is 9.25. The van der Waals surface area contributed by atoms with Crippen LogP contribution in [0.15, 0.2) is 0 Å². The zero-order chi connectivity index (χ0) is 9.52. The maximum atomic E-state index is 5.30. The third kappa shape index (κ3) is 3.50. The monoisotopic (exact) mass is 218 g/mol. The number of unbranched alkanes of at least 4 members (excludes halogenated alkanes) is 1. The van der Waals surface area contributed by atoms with Gasteiger partial charge in [-0.15, -0.1) is 5.10 Å². The Kier molecular flexibility index (Phi) is 5.10. The number of anilines is 1. The third-order valence-electron chi connectivity index (χ3n) is 1.57. The molecular formula is C7H14N4S2. The van der Waals surface area contributed by atoms with E-state index in [1.54, 1.807) is 0 Å². The molecule has 1 aromatic heterocycles. The molecule has 1 aromatic rings. The van der Waals surface area contributed by atoms with Crippen molar-refractivity contribution in [3.63, 3.8) is 0 Å². The second-order valence-corrected chi connectivity index (χ2v) is 4.46. The lowest BCUT2D eigenvalue weighted by Crippen LogP contribution is -2.06. The van der Waals surface area contributed by atoms with Gasteiger partial charge in [-0.2, -0.15) is 11.8 Å². The quantitative estimate of drug-likeness (QED) is 0.433. The van der Waals surface area contributed by atoms with Gasteiger partial charge < -0.3 is 5.43 Å². The third-order valence-corrected chi connectivity index (χ3v) is 3.32. The first-order valence-electron chi connectivity index (χ1n) is 4.24. The highest BCUT2D eigenvalue weighted by Crippen LogP contribution is 2.21. The van der Waals surface area contributed by atoms with Crippen LogP contribution in [0.2, 0.25) is 0 Å². The Morgan fingerprint density at radius 3 is 3.15 bits per heavy atom. The van der Waals surface area contributed by atoms with E-state index in [2.05, 4.69) is 21.9 Å². The Bertz CT molecular complexity index is 238. The molecule has 13 heavy (non-hydrogen) atoms. The molecule has 0 bridgehead atoms. The van der Waals surface area contributed by atoms with E-state index in [9.17, 15) is 0 Å². The fourth-order valence-corrected chi connectivity index (χ4v) is 2.44.